The smallest absolute Gasteiger partial charge is 0.266 e. The lowest BCUT2D eigenvalue weighted by molar-refractivity contribution is 0.0641. The first-order valence-electron chi connectivity index (χ1n) is 12.1. The molecular weight excluding hydrogens is 572 g/mol. The number of benzene rings is 2. The third-order valence-corrected chi connectivity index (χ3v) is 8.65. The molecule has 1 aliphatic rings. The Labute approximate surface area is 233 Å². The molecule has 3 heterocycles. The number of likely N-dealkylation sites (tertiary alicyclic amines) is 1. The Morgan fingerprint density at radius 1 is 1.14 bits per heavy atom. The van der Waals surface area contributed by atoms with E-state index in [4.69, 9.17) is 22.3 Å². The van der Waals surface area contributed by atoms with Crippen molar-refractivity contribution in [2.45, 2.75) is 39.2 Å². The third-order valence-electron chi connectivity index (χ3n) is 6.78. The Hall–Kier alpha value is -2.94. The van der Waals surface area contributed by atoms with Crippen LogP contribution in [0.4, 0.5) is 11.4 Å². The van der Waals surface area contributed by atoms with Crippen molar-refractivity contribution in [3.8, 4) is 11.1 Å². The van der Waals surface area contributed by atoms with Gasteiger partial charge in [0.2, 0.25) is 0 Å². The second-order valence-electron chi connectivity index (χ2n) is 9.28. The van der Waals surface area contributed by atoms with Gasteiger partial charge in [0.1, 0.15) is 9.71 Å². The topological polar surface area (TPSA) is 88.3 Å². The van der Waals surface area contributed by atoms with Gasteiger partial charge < -0.3 is 16.0 Å². The van der Waals surface area contributed by atoms with E-state index in [1.165, 1.54) is 11.3 Å². The lowest BCUT2D eigenvalue weighted by Gasteiger charge is -2.33. The van der Waals surface area contributed by atoms with E-state index in [0.29, 0.717) is 54.9 Å². The number of aryl methyl sites for hydroxylation is 1. The van der Waals surface area contributed by atoms with Crippen molar-refractivity contribution >= 4 is 72.3 Å². The number of pyridine rings is 1. The molecule has 0 aliphatic carbocycles. The summed E-state index contributed by atoms with van der Waals surface area (Å²) in [7, 11) is 0. The maximum atomic E-state index is 13.7. The number of halogens is 2. The number of carbonyl (C=O) groups is 2. The Balaban J connectivity index is 1.69. The molecule has 37 heavy (non-hydrogen) atoms. The average Bonchev–Trinajstić information content (AvgIpc) is 3.20. The van der Waals surface area contributed by atoms with Gasteiger partial charge >= 0.3 is 0 Å². The van der Waals surface area contributed by atoms with Gasteiger partial charge in [-0.05, 0) is 75.1 Å². The summed E-state index contributed by atoms with van der Waals surface area (Å²) in [6.07, 6.45) is 3.08. The highest BCUT2D eigenvalue weighted by Crippen LogP contribution is 2.43. The van der Waals surface area contributed by atoms with Crippen LogP contribution >= 0.6 is 38.9 Å². The second-order valence-corrected chi connectivity index (χ2v) is 11.6. The maximum absolute atomic E-state index is 13.7. The fraction of sp³-hybridized carbons (Fsp3) is 0.250. The summed E-state index contributed by atoms with van der Waals surface area (Å²) >= 11 is 10.8. The molecule has 0 radical (unpaired) electrons. The van der Waals surface area contributed by atoms with Crippen LogP contribution < -0.4 is 11.1 Å². The van der Waals surface area contributed by atoms with E-state index in [1.807, 2.05) is 36.1 Å². The van der Waals surface area contributed by atoms with Crippen LogP contribution in [0.25, 0.3) is 21.3 Å². The lowest BCUT2D eigenvalue weighted by Crippen LogP contribution is -2.41. The molecule has 9 heteroatoms. The van der Waals surface area contributed by atoms with E-state index in [-0.39, 0.29) is 17.9 Å². The first-order valence-corrected chi connectivity index (χ1v) is 14.1. The molecule has 0 spiro atoms. The highest BCUT2D eigenvalue weighted by Gasteiger charge is 2.31. The molecule has 2 amide bonds. The van der Waals surface area contributed by atoms with Gasteiger partial charge in [0.15, 0.2) is 0 Å². The van der Waals surface area contributed by atoms with Crippen LogP contribution in [0.5, 0.6) is 0 Å². The van der Waals surface area contributed by atoms with E-state index in [2.05, 4.69) is 28.2 Å². The Morgan fingerprint density at radius 3 is 2.51 bits per heavy atom. The summed E-state index contributed by atoms with van der Waals surface area (Å²) in [4.78, 5) is 35.0. The number of nitrogens with two attached hydrogens (primary N) is 1. The van der Waals surface area contributed by atoms with Crippen LogP contribution in [0, 0.1) is 6.92 Å². The average molecular weight is 598 g/mol. The number of nitrogens with one attached hydrogen (secondary N) is 1. The molecule has 3 N–H and O–H groups in total. The summed E-state index contributed by atoms with van der Waals surface area (Å²) in [5, 5.41) is 4.17. The van der Waals surface area contributed by atoms with Crippen LogP contribution in [0.15, 0.2) is 53.0 Å². The zero-order chi connectivity index (χ0) is 26.3. The number of hydrogen-bond acceptors (Lipinski definition) is 5. The van der Waals surface area contributed by atoms with Crippen LogP contribution in [0.3, 0.4) is 0 Å². The molecule has 2 aromatic heterocycles. The monoisotopic (exact) mass is 596 g/mol. The van der Waals surface area contributed by atoms with E-state index in [9.17, 15) is 9.59 Å². The molecule has 6 nitrogen and oxygen atoms in total. The summed E-state index contributed by atoms with van der Waals surface area (Å²) in [5.74, 6) is -0.380. The molecule has 0 unspecified atom stereocenters. The largest absolute Gasteiger partial charge is 0.397 e. The highest BCUT2D eigenvalue weighted by atomic mass is 79.9. The number of rotatable bonds is 4. The van der Waals surface area contributed by atoms with Crippen molar-refractivity contribution in [2.24, 2.45) is 0 Å². The first-order chi connectivity index (χ1) is 17.7. The summed E-state index contributed by atoms with van der Waals surface area (Å²) in [6.45, 7) is 4.60. The van der Waals surface area contributed by atoms with E-state index in [0.717, 1.165) is 29.3 Å². The van der Waals surface area contributed by atoms with Gasteiger partial charge in [0.05, 0.1) is 16.9 Å². The molecule has 2 aromatic carbocycles. The van der Waals surface area contributed by atoms with E-state index in [1.54, 1.807) is 24.3 Å². The van der Waals surface area contributed by atoms with Crippen LogP contribution in [-0.4, -0.2) is 34.3 Å². The minimum Gasteiger partial charge on any atom is -0.397 e. The predicted molar refractivity (Wildman–Crippen MR) is 156 cm³/mol. The molecule has 4 aromatic rings. The number of anilines is 2. The van der Waals surface area contributed by atoms with Crippen LogP contribution in [0.2, 0.25) is 5.02 Å². The number of fused-ring (bicyclic) bond motifs is 1. The molecule has 190 valence electrons. The number of carbonyl (C=O) groups excluding carboxylic acids is 2. The van der Waals surface area contributed by atoms with Crippen molar-refractivity contribution in [1.29, 1.82) is 0 Å². The van der Waals surface area contributed by atoms with Gasteiger partial charge in [-0.3, -0.25) is 9.59 Å². The maximum Gasteiger partial charge on any atom is 0.266 e. The van der Waals surface area contributed by atoms with Crippen molar-refractivity contribution in [1.82, 2.24) is 9.88 Å². The predicted octanol–water partition coefficient (Wildman–Crippen LogP) is 7.54. The first kappa shape index (κ1) is 25.7. The third kappa shape index (κ3) is 4.98. The number of amides is 2. The van der Waals surface area contributed by atoms with Crippen molar-refractivity contribution in [2.75, 3.05) is 17.6 Å². The van der Waals surface area contributed by atoms with Crippen molar-refractivity contribution < 1.29 is 9.59 Å². The van der Waals surface area contributed by atoms with Crippen molar-refractivity contribution in [3.63, 3.8) is 0 Å². The molecule has 1 aliphatic heterocycles. The zero-order valence-electron chi connectivity index (χ0n) is 20.5. The number of hydrogen-bond donors (Lipinski definition) is 2. The van der Waals surface area contributed by atoms with E-state index < -0.39 is 0 Å². The molecule has 5 rings (SSSR count). The number of aromatic nitrogens is 1. The van der Waals surface area contributed by atoms with Gasteiger partial charge in [-0.15, -0.1) is 11.3 Å². The molecular formula is C28H26BrClN4O2S. The summed E-state index contributed by atoms with van der Waals surface area (Å²) in [5.41, 5.74) is 10.2. The summed E-state index contributed by atoms with van der Waals surface area (Å²) < 4.78 is 0.915. The van der Waals surface area contributed by atoms with Gasteiger partial charge in [-0.2, -0.15) is 0 Å². The fourth-order valence-corrected chi connectivity index (χ4v) is 6.36. The number of thiophene rings is 1. The SMILES string of the molecule is Cc1nc2sc(C(=O)N3CCCC[C@H]3C)c(N)c2c(-c2ccc(Br)cc2)c1C(=O)Nc1ccc(Cl)cc1. The number of piperidine rings is 1. The molecule has 0 saturated carbocycles. The highest BCUT2D eigenvalue weighted by molar-refractivity contribution is 9.10. The standard InChI is InChI=1S/C28H26BrClN4O2S/c1-15-5-3-4-14-34(15)28(36)25-24(31)23-22(17-6-8-18(29)9-7-17)21(16(2)32-27(23)37-25)26(35)33-20-12-10-19(30)11-13-20/h6-13,15H,3-5,14,31H2,1-2H3,(H,33,35)/t15-/m1/s1. The lowest BCUT2D eigenvalue weighted by atomic mass is 9.94. The minimum atomic E-state index is -0.310. The number of nitrogen functional groups attached to an aromatic ring is 1. The molecule has 0 bridgehead atoms. The van der Waals surface area contributed by atoms with E-state index >= 15 is 0 Å². The minimum absolute atomic E-state index is 0.0701. The quantitative estimate of drug-likeness (QED) is 0.254. The Morgan fingerprint density at radius 2 is 1.84 bits per heavy atom. The zero-order valence-corrected chi connectivity index (χ0v) is 23.6. The van der Waals surface area contributed by atoms with Crippen LogP contribution in [-0.2, 0) is 0 Å². The van der Waals surface area contributed by atoms with Crippen molar-refractivity contribution in [3.05, 3.63) is 74.2 Å². The summed E-state index contributed by atoms with van der Waals surface area (Å²) in [6, 6.07) is 14.8. The Kier molecular flexibility index (Phi) is 7.25. The van der Waals surface area contributed by atoms with Gasteiger partial charge in [-0.25, -0.2) is 4.98 Å². The number of nitrogens with zero attached hydrogens (tertiary/aromatic N) is 2. The second kappa shape index (κ2) is 10.4. The Bertz CT molecular complexity index is 1500. The normalized spacial score (nSPS) is 15.7. The molecule has 1 saturated heterocycles. The molecule has 1 fully saturated rings. The van der Waals surface area contributed by atoms with Gasteiger partial charge in [0, 0.05) is 38.7 Å². The van der Waals surface area contributed by atoms with Gasteiger partial charge in [0.25, 0.3) is 11.8 Å². The molecule has 1 atom stereocenters. The van der Waals surface area contributed by atoms with Gasteiger partial charge in [-0.1, -0.05) is 39.7 Å². The van der Waals surface area contributed by atoms with Crippen LogP contribution in [0.1, 0.15) is 51.9 Å². The fourth-order valence-electron chi connectivity index (χ4n) is 4.86.